The number of aromatic amines is 1. The minimum Gasteiger partial charge on any atom is -0.504 e. The van der Waals surface area contributed by atoms with Gasteiger partial charge in [-0.1, -0.05) is 24.3 Å². The maximum Gasteiger partial charge on any atom is 0.333 e. The molecule has 2 saturated heterocycles. The second kappa shape index (κ2) is 13.0. The van der Waals surface area contributed by atoms with Gasteiger partial charge in [0, 0.05) is 64.0 Å². The zero-order chi connectivity index (χ0) is 39.7. The monoisotopic (exact) mass is 793 g/mol. The number of aliphatic hydroxyl groups excluding tert-OH is 1. The molecule has 57 heavy (non-hydrogen) atoms. The van der Waals surface area contributed by atoms with E-state index in [1.54, 1.807) is 7.11 Å². The number of nitrogens with zero attached hydrogens (tertiary/aromatic N) is 3. The molecule has 4 bridgehead atoms. The number of para-hydroxylation sites is 1. The van der Waals surface area contributed by atoms with Crippen LogP contribution < -0.4 is 24.3 Å². The third-order valence-corrected chi connectivity index (χ3v) is 14.6. The molecule has 8 heterocycles. The molecule has 2 fully saturated rings. The molecule has 1 unspecified atom stereocenters. The number of piperazine rings is 1. The quantitative estimate of drug-likeness (QED) is 0.172. The molecule has 4 N–H and O–H groups in total. The van der Waals surface area contributed by atoms with Crippen molar-refractivity contribution in [3.63, 3.8) is 0 Å². The number of aromatic hydroxyl groups is 1. The largest absolute Gasteiger partial charge is 0.504 e. The third-order valence-electron chi connectivity index (χ3n) is 13.1. The molecular weight excluding hydrogens is 751 g/mol. The molecule has 8 atom stereocenters. The number of likely N-dealkylation sites (N-methyl/N-ethyl adjacent to an activating group) is 1. The number of aliphatic hydroxyl groups is 1. The van der Waals surface area contributed by atoms with Crippen LogP contribution in [0.4, 0.5) is 0 Å². The normalized spacial score (nSPS) is 29.8. The standard InChI is InChI=1S/C42H43N5O9S/c1-18-10-21-11-26-27(13-43)47-28-15-53-41(51)42(40-24(12-22(14-48)45-42)23-8-6-7-9-25(23)44-40)16-57-39(33(47)32(46(26)4)29(21)34(50)35(18)52-5)31-30(28)38-37(54-17-55-38)19(2)36(31)56-20(3)49/h6-10,22,26-28,32-33,39,44-45,48,50H,11-12,14-17H2,1-5H3/t22-,26+,27?,28-,32-,33+,39+,42+/m0/s1. The Hall–Kier alpha value is -4.98. The number of aryl methyl sites for hydroxylation is 1. The number of benzene rings is 3. The second-order valence-corrected chi connectivity index (χ2v) is 17.1. The van der Waals surface area contributed by atoms with Crippen LogP contribution in [-0.4, -0.2) is 101 Å². The van der Waals surface area contributed by atoms with Crippen molar-refractivity contribution in [2.45, 2.75) is 80.7 Å². The number of rotatable bonds is 3. The van der Waals surface area contributed by atoms with E-state index in [0.29, 0.717) is 63.8 Å². The fourth-order valence-corrected chi connectivity index (χ4v) is 12.5. The number of phenols is 1. The molecule has 0 saturated carbocycles. The number of nitrogens with one attached hydrogen (secondary N) is 2. The number of aromatic nitrogens is 1. The zero-order valence-corrected chi connectivity index (χ0v) is 33.0. The van der Waals surface area contributed by atoms with Crippen molar-refractivity contribution in [2.75, 3.05) is 39.9 Å². The highest BCUT2D eigenvalue weighted by molar-refractivity contribution is 7.99. The van der Waals surface area contributed by atoms with Gasteiger partial charge in [0.05, 0.1) is 42.8 Å². The summed E-state index contributed by atoms with van der Waals surface area (Å²) >= 11 is 1.49. The smallest absolute Gasteiger partial charge is 0.333 e. The Bertz CT molecular complexity index is 2450. The first kappa shape index (κ1) is 36.4. The average molecular weight is 794 g/mol. The van der Waals surface area contributed by atoms with Gasteiger partial charge in [0.1, 0.15) is 18.4 Å². The van der Waals surface area contributed by atoms with Gasteiger partial charge in [-0.3, -0.25) is 19.9 Å². The molecule has 15 heteroatoms. The van der Waals surface area contributed by atoms with Crippen molar-refractivity contribution >= 4 is 34.6 Å². The van der Waals surface area contributed by atoms with E-state index in [1.165, 1.54) is 18.7 Å². The van der Waals surface area contributed by atoms with E-state index in [9.17, 15) is 20.3 Å². The number of ether oxygens (including phenoxy) is 5. The number of thioether (sulfide) groups is 1. The summed E-state index contributed by atoms with van der Waals surface area (Å²) in [6.07, 6.45) is 0.984. The fourth-order valence-electron chi connectivity index (χ4n) is 10.9. The molecule has 7 aliphatic heterocycles. The second-order valence-electron chi connectivity index (χ2n) is 16.0. The van der Waals surface area contributed by atoms with Crippen molar-refractivity contribution in [3.05, 3.63) is 75.0 Å². The maximum atomic E-state index is 15.0. The number of hydrogen-bond donors (Lipinski definition) is 4. The fraction of sp³-hybridized carbons (Fsp3) is 0.452. The molecule has 4 aromatic rings. The number of carbonyl (C=O) groups excluding carboxylic acids is 2. The van der Waals surface area contributed by atoms with E-state index < -0.39 is 52.9 Å². The first-order chi connectivity index (χ1) is 27.5. The van der Waals surface area contributed by atoms with Crippen molar-refractivity contribution in [2.24, 2.45) is 0 Å². The molecule has 0 radical (unpaired) electrons. The number of phenolic OH excluding ortho intramolecular Hbond substituents is 1. The first-order valence-electron chi connectivity index (χ1n) is 19.2. The van der Waals surface area contributed by atoms with E-state index in [4.69, 9.17) is 23.7 Å². The van der Waals surface area contributed by atoms with Gasteiger partial charge in [0.15, 0.2) is 28.5 Å². The van der Waals surface area contributed by atoms with Crippen molar-refractivity contribution in [3.8, 4) is 34.8 Å². The van der Waals surface area contributed by atoms with Crippen LogP contribution in [0.2, 0.25) is 0 Å². The summed E-state index contributed by atoms with van der Waals surface area (Å²) in [6, 6.07) is 9.36. The Labute approximate surface area is 332 Å². The molecule has 0 aliphatic carbocycles. The Kier molecular flexibility index (Phi) is 8.31. The molecule has 296 valence electrons. The van der Waals surface area contributed by atoms with Crippen LogP contribution in [0, 0.1) is 25.2 Å². The molecular formula is C42H43N5O9S. The summed E-state index contributed by atoms with van der Waals surface area (Å²) in [5, 5.41) is 37.9. The van der Waals surface area contributed by atoms with E-state index in [1.807, 2.05) is 51.2 Å². The highest BCUT2D eigenvalue weighted by Crippen LogP contribution is 2.64. The number of esters is 2. The van der Waals surface area contributed by atoms with Gasteiger partial charge in [-0.15, -0.1) is 11.8 Å². The summed E-state index contributed by atoms with van der Waals surface area (Å²) < 4.78 is 30.8. The van der Waals surface area contributed by atoms with E-state index in [-0.39, 0.29) is 37.6 Å². The number of H-pyrrole nitrogens is 1. The van der Waals surface area contributed by atoms with Gasteiger partial charge < -0.3 is 38.9 Å². The lowest BCUT2D eigenvalue weighted by Gasteiger charge is -2.62. The molecule has 1 spiro atoms. The Morgan fingerprint density at radius 3 is 2.67 bits per heavy atom. The average Bonchev–Trinajstić information content (AvgIpc) is 3.84. The summed E-state index contributed by atoms with van der Waals surface area (Å²) in [6.45, 7) is 4.65. The van der Waals surface area contributed by atoms with Gasteiger partial charge in [-0.05, 0) is 56.5 Å². The van der Waals surface area contributed by atoms with Crippen molar-refractivity contribution in [1.29, 1.82) is 5.26 Å². The van der Waals surface area contributed by atoms with Gasteiger partial charge in [-0.2, -0.15) is 5.26 Å². The van der Waals surface area contributed by atoms with Crippen molar-refractivity contribution < 1.29 is 43.5 Å². The third kappa shape index (κ3) is 4.91. The minimum atomic E-state index is -1.43. The van der Waals surface area contributed by atoms with E-state index in [0.717, 1.165) is 27.6 Å². The Morgan fingerprint density at radius 2 is 1.91 bits per heavy atom. The number of methoxy groups -OCH3 is 1. The van der Waals surface area contributed by atoms with E-state index in [2.05, 4.69) is 26.2 Å². The number of hydrogen-bond acceptors (Lipinski definition) is 14. The summed E-state index contributed by atoms with van der Waals surface area (Å²) in [4.78, 5) is 35.9. The lowest BCUT2D eigenvalue weighted by atomic mass is 9.71. The van der Waals surface area contributed by atoms with Crippen LogP contribution >= 0.6 is 11.8 Å². The molecule has 3 aromatic carbocycles. The predicted octanol–water partition coefficient (Wildman–Crippen LogP) is 4.12. The highest BCUT2D eigenvalue weighted by Gasteiger charge is 2.62. The van der Waals surface area contributed by atoms with Gasteiger partial charge in [0.2, 0.25) is 6.79 Å². The van der Waals surface area contributed by atoms with Crippen LogP contribution in [0.25, 0.3) is 10.9 Å². The highest BCUT2D eigenvalue weighted by atomic mass is 32.2. The lowest BCUT2D eigenvalue weighted by molar-refractivity contribution is -0.158. The molecule has 1 aromatic heterocycles. The molecule has 7 aliphatic rings. The molecule has 11 rings (SSSR count). The topological polar surface area (TPSA) is 179 Å². The maximum absolute atomic E-state index is 15.0. The van der Waals surface area contributed by atoms with Crippen LogP contribution in [0.1, 0.15) is 68.9 Å². The number of nitriles is 1. The predicted molar refractivity (Wildman–Crippen MR) is 208 cm³/mol. The van der Waals surface area contributed by atoms with Crippen LogP contribution in [-0.2, 0) is 32.7 Å². The van der Waals surface area contributed by atoms with Gasteiger partial charge in [0.25, 0.3) is 0 Å². The summed E-state index contributed by atoms with van der Waals surface area (Å²) in [5.74, 6) is 0.758. The SMILES string of the molecule is COc1c(C)cc2c(c1O)[C@H]1[C@@H]3[C@@H]4SC[C@]5(N[C@H](CO)Cc6c5[nH]c5ccccc65)C(=O)OC[C@@H](c5c6c(c(C)c(OC(C)=O)c54)OCO6)N3C(C#N)[C@@H](C2)N1C. The van der Waals surface area contributed by atoms with Gasteiger partial charge in [-0.25, -0.2) is 4.79 Å². The van der Waals surface area contributed by atoms with Crippen LogP contribution in [0.5, 0.6) is 28.7 Å². The minimum absolute atomic E-state index is 0.0452. The van der Waals surface area contributed by atoms with Crippen LogP contribution in [0.3, 0.4) is 0 Å². The lowest BCUT2D eigenvalue weighted by Crippen LogP contribution is -2.69. The first-order valence-corrected chi connectivity index (χ1v) is 20.3. The van der Waals surface area contributed by atoms with Gasteiger partial charge >= 0.3 is 11.9 Å². The summed E-state index contributed by atoms with van der Waals surface area (Å²) in [7, 11) is 3.54. The van der Waals surface area contributed by atoms with E-state index >= 15 is 4.79 Å². The number of fused-ring (bicyclic) bond motifs is 11. The Morgan fingerprint density at radius 1 is 1.12 bits per heavy atom. The molecule has 14 nitrogen and oxygen atoms in total. The number of carbonyl (C=O) groups is 2. The molecule has 0 amide bonds. The van der Waals surface area contributed by atoms with Crippen LogP contribution in [0.15, 0.2) is 30.3 Å². The zero-order valence-electron chi connectivity index (χ0n) is 32.2. The van der Waals surface area contributed by atoms with Crippen molar-refractivity contribution in [1.82, 2.24) is 20.1 Å². The Balaban J connectivity index is 1.26. The summed E-state index contributed by atoms with van der Waals surface area (Å²) in [5.41, 5.74) is 5.42.